The summed E-state index contributed by atoms with van der Waals surface area (Å²) in [6, 6.07) is 0. The second kappa shape index (κ2) is 11.5. The van der Waals surface area contributed by atoms with Crippen molar-refractivity contribution in [2.45, 2.75) is 66.7 Å². The standard InChI is InChI=1S/C19H36N2/c1-6-9-13-19(5,8-3)16-21-14-10-12-17(4)15-18(20)11-7-2/h7,10-11,14-15,17,21H,6,8-9,12-13,16,20H2,1-5H3/b11-7-,14-10-,18-15+. The molecule has 0 aromatic rings. The van der Waals surface area contributed by atoms with Crippen molar-refractivity contribution < 1.29 is 0 Å². The number of unbranched alkanes of at least 4 members (excludes halogenated alkanes) is 1. The SMILES string of the molecule is C/C=C\C(N)=C/C(C)C/C=C\NCC(C)(CC)CCCC. The van der Waals surface area contributed by atoms with Gasteiger partial charge in [0.15, 0.2) is 0 Å². The second-order valence-electron chi connectivity index (χ2n) is 6.43. The normalized spacial score (nSPS) is 17.3. The highest BCUT2D eigenvalue weighted by molar-refractivity contribution is 5.15. The van der Waals surface area contributed by atoms with Crippen LogP contribution in [0.3, 0.4) is 0 Å². The highest BCUT2D eigenvalue weighted by atomic mass is 14.8. The van der Waals surface area contributed by atoms with Gasteiger partial charge in [0.25, 0.3) is 0 Å². The molecule has 0 saturated carbocycles. The van der Waals surface area contributed by atoms with Gasteiger partial charge in [-0.1, -0.05) is 58.8 Å². The molecule has 2 unspecified atom stereocenters. The Hall–Kier alpha value is -1.18. The minimum Gasteiger partial charge on any atom is -0.399 e. The molecule has 0 bridgehead atoms. The fourth-order valence-electron chi connectivity index (χ4n) is 2.31. The van der Waals surface area contributed by atoms with Gasteiger partial charge in [-0.3, -0.25) is 0 Å². The van der Waals surface area contributed by atoms with Crippen LogP contribution in [0, 0.1) is 11.3 Å². The van der Waals surface area contributed by atoms with Crippen LogP contribution in [0.15, 0.2) is 36.2 Å². The van der Waals surface area contributed by atoms with E-state index in [0.29, 0.717) is 11.3 Å². The summed E-state index contributed by atoms with van der Waals surface area (Å²) in [6.45, 7) is 12.2. The second-order valence-corrected chi connectivity index (χ2v) is 6.43. The Bertz CT molecular complexity index is 341. The maximum absolute atomic E-state index is 5.87. The van der Waals surface area contributed by atoms with Gasteiger partial charge in [0, 0.05) is 12.2 Å². The zero-order valence-electron chi connectivity index (χ0n) is 14.8. The Morgan fingerprint density at radius 1 is 1.33 bits per heavy atom. The number of hydrogen-bond acceptors (Lipinski definition) is 2. The third-order valence-electron chi connectivity index (χ3n) is 4.10. The smallest absolute Gasteiger partial charge is 0.0272 e. The van der Waals surface area contributed by atoms with E-state index >= 15 is 0 Å². The Morgan fingerprint density at radius 3 is 2.62 bits per heavy atom. The minimum atomic E-state index is 0.419. The molecule has 0 aliphatic heterocycles. The van der Waals surface area contributed by atoms with Gasteiger partial charge in [0.2, 0.25) is 0 Å². The van der Waals surface area contributed by atoms with E-state index in [4.69, 9.17) is 5.73 Å². The lowest BCUT2D eigenvalue weighted by atomic mass is 9.82. The fraction of sp³-hybridized carbons (Fsp3) is 0.684. The molecule has 0 amide bonds. The fourth-order valence-corrected chi connectivity index (χ4v) is 2.31. The first-order valence-corrected chi connectivity index (χ1v) is 8.45. The Morgan fingerprint density at radius 2 is 2.05 bits per heavy atom. The molecule has 0 aliphatic carbocycles. The molecule has 0 spiro atoms. The van der Waals surface area contributed by atoms with Crippen molar-refractivity contribution in [3.63, 3.8) is 0 Å². The average Bonchev–Trinajstić information content (AvgIpc) is 2.45. The van der Waals surface area contributed by atoms with Crippen molar-refractivity contribution in [3.8, 4) is 0 Å². The van der Waals surface area contributed by atoms with Gasteiger partial charge in [-0.25, -0.2) is 0 Å². The zero-order valence-corrected chi connectivity index (χ0v) is 14.8. The largest absolute Gasteiger partial charge is 0.399 e. The Balaban J connectivity index is 4.08. The van der Waals surface area contributed by atoms with Gasteiger partial charge in [0.05, 0.1) is 0 Å². The van der Waals surface area contributed by atoms with E-state index in [9.17, 15) is 0 Å². The molecule has 2 heteroatoms. The van der Waals surface area contributed by atoms with Crippen LogP contribution in [0.25, 0.3) is 0 Å². The van der Waals surface area contributed by atoms with Gasteiger partial charge < -0.3 is 11.1 Å². The molecule has 0 fully saturated rings. The monoisotopic (exact) mass is 292 g/mol. The van der Waals surface area contributed by atoms with Crippen LogP contribution in [0.1, 0.15) is 66.7 Å². The highest BCUT2D eigenvalue weighted by Gasteiger charge is 2.20. The van der Waals surface area contributed by atoms with Crippen LogP contribution >= 0.6 is 0 Å². The van der Waals surface area contributed by atoms with E-state index in [2.05, 4.69) is 51.4 Å². The lowest BCUT2D eigenvalue weighted by Crippen LogP contribution is -2.28. The van der Waals surface area contributed by atoms with Crippen LogP contribution in [0.2, 0.25) is 0 Å². The van der Waals surface area contributed by atoms with Gasteiger partial charge in [0.1, 0.15) is 0 Å². The molecule has 3 N–H and O–H groups in total. The molecule has 0 radical (unpaired) electrons. The van der Waals surface area contributed by atoms with Gasteiger partial charge in [-0.05, 0) is 49.8 Å². The first-order valence-electron chi connectivity index (χ1n) is 8.45. The molecular weight excluding hydrogens is 256 g/mol. The van der Waals surface area contributed by atoms with Gasteiger partial charge in [-0.15, -0.1) is 0 Å². The number of rotatable bonds is 11. The van der Waals surface area contributed by atoms with E-state index in [0.717, 1.165) is 18.7 Å². The first-order chi connectivity index (χ1) is 9.97. The van der Waals surface area contributed by atoms with Crippen molar-refractivity contribution in [2.24, 2.45) is 17.1 Å². The van der Waals surface area contributed by atoms with E-state index in [1.807, 2.05) is 19.1 Å². The third kappa shape index (κ3) is 10.2. The first kappa shape index (κ1) is 19.8. The maximum atomic E-state index is 5.87. The molecule has 0 aromatic carbocycles. The lowest BCUT2D eigenvalue weighted by molar-refractivity contribution is 0.272. The number of nitrogens with one attached hydrogen (secondary N) is 1. The van der Waals surface area contributed by atoms with E-state index in [-0.39, 0.29) is 0 Å². The summed E-state index contributed by atoms with van der Waals surface area (Å²) in [5.74, 6) is 0.469. The van der Waals surface area contributed by atoms with Crippen molar-refractivity contribution in [1.29, 1.82) is 0 Å². The third-order valence-corrected chi connectivity index (χ3v) is 4.10. The molecule has 0 saturated heterocycles. The number of hydrogen-bond donors (Lipinski definition) is 2. The highest BCUT2D eigenvalue weighted by Crippen LogP contribution is 2.27. The summed E-state index contributed by atoms with van der Waals surface area (Å²) in [4.78, 5) is 0. The minimum absolute atomic E-state index is 0.419. The Kier molecular flexibility index (Phi) is 10.8. The van der Waals surface area contributed by atoms with E-state index < -0.39 is 0 Å². The van der Waals surface area contributed by atoms with Crippen LogP contribution < -0.4 is 11.1 Å². The number of allylic oxidation sites excluding steroid dienone is 4. The summed E-state index contributed by atoms with van der Waals surface area (Å²) in [5.41, 5.74) is 7.14. The molecule has 0 aliphatic rings. The summed E-state index contributed by atoms with van der Waals surface area (Å²) < 4.78 is 0. The number of nitrogens with two attached hydrogens (primary N) is 1. The van der Waals surface area contributed by atoms with E-state index in [1.165, 1.54) is 25.7 Å². The van der Waals surface area contributed by atoms with Crippen molar-refractivity contribution in [1.82, 2.24) is 5.32 Å². The van der Waals surface area contributed by atoms with Gasteiger partial charge in [-0.2, -0.15) is 0 Å². The molecule has 21 heavy (non-hydrogen) atoms. The molecule has 0 rings (SSSR count). The predicted molar refractivity (Wildman–Crippen MR) is 95.9 cm³/mol. The Labute approximate surface area is 132 Å². The van der Waals surface area contributed by atoms with Crippen LogP contribution in [0.5, 0.6) is 0 Å². The molecule has 2 atom stereocenters. The molecule has 0 aromatic heterocycles. The quantitative estimate of drug-likeness (QED) is 0.517. The predicted octanol–water partition coefficient (Wildman–Crippen LogP) is 5.14. The van der Waals surface area contributed by atoms with Crippen molar-refractivity contribution in [3.05, 3.63) is 36.2 Å². The molecule has 2 nitrogen and oxygen atoms in total. The molecular formula is C19H36N2. The van der Waals surface area contributed by atoms with Gasteiger partial charge >= 0.3 is 0 Å². The summed E-state index contributed by atoms with van der Waals surface area (Å²) in [7, 11) is 0. The lowest BCUT2D eigenvalue weighted by Gasteiger charge is -2.28. The molecule has 122 valence electrons. The van der Waals surface area contributed by atoms with E-state index in [1.54, 1.807) is 0 Å². The summed E-state index contributed by atoms with van der Waals surface area (Å²) in [6.07, 6.45) is 16.5. The average molecular weight is 293 g/mol. The summed E-state index contributed by atoms with van der Waals surface area (Å²) >= 11 is 0. The van der Waals surface area contributed by atoms with Crippen molar-refractivity contribution in [2.75, 3.05) is 6.54 Å². The van der Waals surface area contributed by atoms with Crippen LogP contribution in [-0.2, 0) is 0 Å². The topological polar surface area (TPSA) is 38.0 Å². The van der Waals surface area contributed by atoms with Crippen LogP contribution in [-0.4, -0.2) is 6.54 Å². The van der Waals surface area contributed by atoms with Crippen LogP contribution in [0.4, 0.5) is 0 Å². The molecule has 0 heterocycles. The zero-order chi connectivity index (χ0) is 16.1. The maximum Gasteiger partial charge on any atom is 0.0272 e. The summed E-state index contributed by atoms with van der Waals surface area (Å²) in [5, 5.41) is 3.47. The van der Waals surface area contributed by atoms with Crippen molar-refractivity contribution >= 4 is 0 Å².